The Morgan fingerprint density at radius 3 is 2.58 bits per heavy atom. The van der Waals surface area contributed by atoms with Crippen molar-refractivity contribution in [2.75, 3.05) is 26.0 Å². The van der Waals surface area contributed by atoms with Gasteiger partial charge in [0.2, 0.25) is 10.0 Å². The first-order valence-electron chi connectivity index (χ1n) is 7.50. The van der Waals surface area contributed by atoms with E-state index in [0.29, 0.717) is 5.75 Å². The van der Waals surface area contributed by atoms with E-state index in [1.54, 1.807) is 36.4 Å². The molecule has 6 nitrogen and oxygen atoms in total. The van der Waals surface area contributed by atoms with Gasteiger partial charge in [0, 0.05) is 29.6 Å². The van der Waals surface area contributed by atoms with Gasteiger partial charge in [0.15, 0.2) is 0 Å². The maximum Gasteiger partial charge on any atom is 0.306 e. The number of hydrogen-bond donors (Lipinski definition) is 0. The summed E-state index contributed by atoms with van der Waals surface area (Å²) in [5, 5.41) is -0.595. The molecule has 2 atom stereocenters. The third-order valence-corrected chi connectivity index (χ3v) is 7.22. The second kappa shape index (κ2) is 8.04. The molecule has 1 heterocycles. The molecule has 0 radical (unpaired) electrons. The molecule has 132 valence electrons. The summed E-state index contributed by atoms with van der Waals surface area (Å²) in [7, 11) is -3.80. The Bertz CT molecular complexity index is 740. The number of carbonyl (C=O) groups is 1. The summed E-state index contributed by atoms with van der Waals surface area (Å²) >= 11 is 0. The van der Waals surface area contributed by atoms with E-state index in [1.807, 2.05) is 6.92 Å². The number of sulfonamides is 1. The van der Waals surface area contributed by atoms with E-state index in [2.05, 4.69) is 4.74 Å². The number of ether oxygens (including phenoxy) is 1. The average molecular weight is 371 g/mol. The van der Waals surface area contributed by atoms with Gasteiger partial charge in [0.05, 0.1) is 23.7 Å². The van der Waals surface area contributed by atoms with Gasteiger partial charge >= 0.3 is 5.97 Å². The largest absolute Gasteiger partial charge is 0.469 e. The Hall–Kier alpha value is -1.51. The van der Waals surface area contributed by atoms with Crippen LogP contribution < -0.4 is 0 Å². The van der Waals surface area contributed by atoms with Crippen LogP contribution in [0.15, 0.2) is 41.3 Å². The van der Waals surface area contributed by atoms with Crippen LogP contribution in [0.25, 0.3) is 0 Å². The molecule has 0 fully saturated rings. The van der Waals surface area contributed by atoms with E-state index in [9.17, 15) is 17.4 Å². The summed E-state index contributed by atoms with van der Waals surface area (Å²) in [6, 6.07) is 6.58. The van der Waals surface area contributed by atoms with E-state index < -0.39 is 32.0 Å². The fourth-order valence-corrected chi connectivity index (χ4v) is 5.16. The highest BCUT2D eigenvalue weighted by Gasteiger charge is 2.31. The van der Waals surface area contributed by atoms with Gasteiger partial charge in [0.1, 0.15) is 0 Å². The summed E-state index contributed by atoms with van der Waals surface area (Å²) in [6.07, 6.45) is 3.31. The molecule has 2 rings (SSSR count). The van der Waals surface area contributed by atoms with Gasteiger partial charge in [-0.2, -0.15) is 4.31 Å². The van der Waals surface area contributed by atoms with Crippen molar-refractivity contribution in [3.8, 4) is 0 Å². The zero-order chi connectivity index (χ0) is 17.7. The van der Waals surface area contributed by atoms with Gasteiger partial charge in [0.25, 0.3) is 0 Å². The predicted molar refractivity (Wildman–Crippen MR) is 92.5 cm³/mol. The van der Waals surface area contributed by atoms with Crippen molar-refractivity contribution in [2.24, 2.45) is 0 Å². The zero-order valence-electron chi connectivity index (χ0n) is 13.7. The lowest BCUT2D eigenvalue weighted by Gasteiger charge is -2.26. The third-order valence-electron chi connectivity index (χ3n) is 3.80. The first-order chi connectivity index (χ1) is 11.3. The van der Waals surface area contributed by atoms with Gasteiger partial charge in [-0.3, -0.25) is 9.00 Å². The van der Waals surface area contributed by atoms with Gasteiger partial charge in [-0.15, -0.1) is 0 Å². The number of nitrogens with zero attached hydrogens (tertiary/aromatic N) is 1. The fourth-order valence-electron chi connectivity index (χ4n) is 2.36. The van der Waals surface area contributed by atoms with Crippen molar-refractivity contribution in [1.29, 1.82) is 0 Å². The maximum atomic E-state index is 12.8. The number of aryl methyl sites for hydroxylation is 1. The van der Waals surface area contributed by atoms with Crippen molar-refractivity contribution in [3.05, 3.63) is 42.0 Å². The number of carbonyl (C=O) groups excluding carboxylic acids is 1. The van der Waals surface area contributed by atoms with Crippen molar-refractivity contribution in [1.82, 2.24) is 4.31 Å². The number of hydrogen-bond acceptors (Lipinski definition) is 5. The minimum absolute atomic E-state index is 0.0161. The fraction of sp³-hybridized carbons (Fsp3) is 0.438. The Morgan fingerprint density at radius 2 is 1.96 bits per heavy atom. The summed E-state index contributed by atoms with van der Waals surface area (Å²) in [6.45, 7) is 2.08. The molecule has 1 aromatic carbocycles. The molecular weight excluding hydrogens is 350 g/mol. The Labute approximate surface area is 145 Å². The maximum absolute atomic E-state index is 12.8. The number of rotatable bonds is 4. The topological polar surface area (TPSA) is 80.8 Å². The van der Waals surface area contributed by atoms with Crippen molar-refractivity contribution in [2.45, 2.75) is 23.5 Å². The molecule has 1 aromatic rings. The molecule has 0 saturated heterocycles. The molecule has 0 bridgehead atoms. The van der Waals surface area contributed by atoms with E-state index in [1.165, 1.54) is 11.4 Å². The molecule has 0 saturated carbocycles. The minimum Gasteiger partial charge on any atom is -0.469 e. The van der Waals surface area contributed by atoms with Crippen LogP contribution in [-0.2, 0) is 30.4 Å². The molecule has 1 aliphatic heterocycles. The molecule has 0 N–H and O–H groups in total. The average Bonchev–Trinajstić information content (AvgIpc) is 2.54. The molecule has 24 heavy (non-hydrogen) atoms. The number of benzene rings is 1. The van der Waals surface area contributed by atoms with Crippen LogP contribution in [0.4, 0.5) is 0 Å². The van der Waals surface area contributed by atoms with Gasteiger partial charge in [-0.1, -0.05) is 29.8 Å². The van der Waals surface area contributed by atoms with Crippen LogP contribution >= 0.6 is 0 Å². The molecule has 8 heteroatoms. The Kier molecular flexibility index (Phi) is 6.31. The molecule has 0 spiro atoms. The molecule has 0 amide bonds. The predicted octanol–water partition coefficient (Wildman–Crippen LogP) is 1.24. The third kappa shape index (κ3) is 4.52. The SMILES string of the molecule is COC(=O)CC1CN(S(=O)(=O)c2ccc(C)cc2)C/C=C\CS1=O. The summed E-state index contributed by atoms with van der Waals surface area (Å²) < 4.78 is 43.9. The summed E-state index contributed by atoms with van der Waals surface area (Å²) in [5.74, 6) is -0.189. The van der Waals surface area contributed by atoms with Crippen LogP contribution in [0.5, 0.6) is 0 Å². The lowest BCUT2D eigenvalue weighted by Crippen LogP contribution is -2.41. The normalized spacial score (nSPS) is 23.9. The first kappa shape index (κ1) is 18.8. The molecule has 0 aromatic heterocycles. The van der Waals surface area contributed by atoms with Crippen LogP contribution in [0, 0.1) is 6.92 Å². The van der Waals surface area contributed by atoms with E-state index in [-0.39, 0.29) is 24.4 Å². The van der Waals surface area contributed by atoms with Gasteiger partial charge < -0.3 is 4.74 Å². The molecule has 2 unspecified atom stereocenters. The van der Waals surface area contributed by atoms with Crippen molar-refractivity contribution in [3.63, 3.8) is 0 Å². The van der Waals surface area contributed by atoms with Gasteiger partial charge in [-0.05, 0) is 19.1 Å². The van der Waals surface area contributed by atoms with Crippen molar-refractivity contribution < 1.29 is 22.2 Å². The number of esters is 1. The summed E-state index contributed by atoms with van der Waals surface area (Å²) in [4.78, 5) is 11.7. The van der Waals surface area contributed by atoms with Crippen LogP contribution in [0.2, 0.25) is 0 Å². The van der Waals surface area contributed by atoms with E-state index in [4.69, 9.17) is 0 Å². The summed E-state index contributed by atoms with van der Waals surface area (Å²) in [5.41, 5.74) is 0.964. The standard InChI is InChI=1S/C16H21NO5S2/c1-13-5-7-15(8-6-13)24(20,21)17-9-3-4-10-23(19)14(12-17)11-16(18)22-2/h3-8,14H,9-12H2,1-2H3/b4-3-. The second-order valence-corrected chi connectivity index (χ2v) is 9.26. The first-order valence-corrected chi connectivity index (χ1v) is 10.3. The van der Waals surface area contributed by atoms with Crippen LogP contribution in [-0.4, -0.2) is 54.1 Å². The molecule has 1 aliphatic rings. The smallest absolute Gasteiger partial charge is 0.306 e. The minimum atomic E-state index is -3.72. The lowest BCUT2D eigenvalue weighted by atomic mass is 10.2. The zero-order valence-corrected chi connectivity index (χ0v) is 15.3. The quantitative estimate of drug-likeness (QED) is 0.587. The molecular formula is C16H21NO5S2. The second-order valence-electron chi connectivity index (χ2n) is 5.56. The Morgan fingerprint density at radius 1 is 1.29 bits per heavy atom. The van der Waals surface area contributed by atoms with Crippen LogP contribution in [0.1, 0.15) is 12.0 Å². The monoisotopic (exact) mass is 371 g/mol. The highest BCUT2D eigenvalue weighted by Crippen LogP contribution is 2.20. The van der Waals surface area contributed by atoms with Crippen molar-refractivity contribution >= 4 is 26.8 Å². The highest BCUT2D eigenvalue weighted by molar-refractivity contribution is 7.89. The molecule has 0 aliphatic carbocycles. The van der Waals surface area contributed by atoms with Gasteiger partial charge in [-0.25, -0.2) is 8.42 Å². The highest BCUT2D eigenvalue weighted by atomic mass is 32.2. The lowest BCUT2D eigenvalue weighted by molar-refractivity contribution is -0.140. The Balaban J connectivity index is 2.30. The van der Waals surface area contributed by atoms with Crippen LogP contribution in [0.3, 0.4) is 0 Å². The van der Waals surface area contributed by atoms with E-state index >= 15 is 0 Å². The number of methoxy groups -OCH3 is 1. The van der Waals surface area contributed by atoms with E-state index in [0.717, 1.165) is 5.56 Å².